The summed E-state index contributed by atoms with van der Waals surface area (Å²) >= 11 is 0. The Labute approximate surface area is 156 Å². The minimum Gasteiger partial charge on any atom is -0.393 e. The van der Waals surface area contributed by atoms with E-state index in [0.717, 1.165) is 37.0 Å². The van der Waals surface area contributed by atoms with Crippen molar-refractivity contribution in [1.29, 1.82) is 0 Å². The third-order valence-corrected chi connectivity index (χ3v) is 8.53. The van der Waals surface area contributed by atoms with Crippen molar-refractivity contribution >= 4 is 5.57 Å². The van der Waals surface area contributed by atoms with Gasteiger partial charge in [-0.25, -0.2) is 9.97 Å². The summed E-state index contributed by atoms with van der Waals surface area (Å²) in [5.41, 5.74) is 4.85. The largest absolute Gasteiger partial charge is 0.393 e. The lowest BCUT2D eigenvalue weighted by Crippen LogP contribution is -2.49. The fourth-order valence-electron chi connectivity index (χ4n) is 7.09. The van der Waals surface area contributed by atoms with Gasteiger partial charge in [0.1, 0.15) is 6.33 Å². The van der Waals surface area contributed by atoms with Crippen molar-refractivity contribution in [2.24, 2.45) is 28.6 Å². The number of nitrogens with zero attached hydrogens (tertiary/aromatic N) is 2. The van der Waals surface area contributed by atoms with Crippen molar-refractivity contribution in [1.82, 2.24) is 9.97 Å². The predicted molar refractivity (Wildman–Crippen MR) is 103 cm³/mol. The van der Waals surface area contributed by atoms with E-state index in [1.165, 1.54) is 36.8 Å². The monoisotopic (exact) mass is 350 g/mol. The molecule has 0 aromatic carbocycles. The molecule has 0 aliphatic heterocycles. The highest BCUT2D eigenvalue weighted by atomic mass is 16.3. The van der Waals surface area contributed by atoms with Crippen LogP contribution in [-0.4, -0.2) is 21.2 Å². The first-order valence-corrected chi connectivity index (χ1v) is 10.4. The summed E-state index contributed by atoms with van der Waals surface area (Å²) in [6, 6.07) is 0. The second-order valence-corrected chi connectivity index (χ2v) is 9.59. The Morgan fingerprint density at radius 2 is 1.73 bits per heavy atom. The maximum atomic E-state index is 10.1. The highest BCUT2D eigenvalue weighted by Gasteiger charge is 2.56. The van der Waals surface area contributed by atoms with Crippen LogP contribution in [0.15, 0.2) is 36.4 Å². The lowest BCUT2D eigenvalue weighted by molar-refractivity contribution is -0.0238. The van der Waals surface area contributed by atoms with Gasteiger partial charge in [0.25, 0.3) is 0 Å². The molecule has 4 aliphatic rings. The summed E-state index contributed by atoms with van der Waals surface area (Å²) in [5.74, 6) is 2.29. The van der Waals surface area contributed by atoms with E-state index in [-0.39, 0.29) is 11.5 Å². The molecule has 138 valence electrons. The zero-order chi connectivity index (χ0) is 17.9. The van der Waals surface area contributed by atoms with E-state index in [9.17, 15) is 5.11 Å². The summed E-state index contributed by atoms with van der Waals surface area (Å²) < 4.78 is 0. The number of rotatable bonds is 1. The van der Waals surface area contributed by atoms with E-state index in [1.54, 1.807) is 11.9 Å². The molecule has 1 N–H and O–H groups in total. The van der Waals surface area contributed by atoms with Gasteiger partial charge in [-0.1, -0.05) is 31.6 Å². The highest BCUT2D eigenvalue weighted by Crippen LogP contribution is 2.66. The van der Waals surface area contributed by atoms with Crippen LogP contribution < -0.4 is 0 Å². The van der Waals surface area contributed by atoms with E-state index in [1.807, 2.05) is 12.4 Å². The Morgan fingerprint density at radius 3 is 2.54 bits per heavy atom. The Hall–Kier alpha value is -1.48. The van der Waals surface area contributed by atoms with E-state index >= 15 is 0 Å². The van der Waals surface area contributed by atoms with Gasteiger partial charge in [-0.15, -0.1) is 0 Å². The molecule has 6 unspecified atom stereocenters. The van der Waals surface area contributed by atoms with Crippen molar-refractivity contribution in [2.45, 2.75) is 64.9 Å². The summed E-state index contributed by atoms with van der Waals surface area (Å²) in [5, 5.41) is 10.1. The molecular formula is C23H30N2O. The standard InChI is InChI=1S/C23H30N2O/c1-22-9-7-17(26)11-16(22)3-4-18-20-6-5-19(15-12-24-14-25-13-15)23(20,2)10-8-21(18)22/h3,5,12-14,17-18,20-21,26H,4,6-11H2,1-2H3. The third kappa shape index (κ3) is 2.22. The number of aliphatic hydroxyl groups is 1. The van der Waals surface area contributed by atoms with Gasteiger partial charge < -0.3 is 5.11 Å². The minimum atomic E-state index is -0.113. The Balaban J connectivity index is 1.48. The van der Waals surface area contributed by atoms with Crippen molar-refractivity contribution in [3.63, 3.8) is 0 Å². The van der Waals surface area contributed by atoms with Crippen LogP contribution in [-0.2, 0) is 0 Å². The SMILES string of the molecule is CC12CCC(O)CC1=CCC1C2CCC2(C)C(c3cncnc3)=CCC12. The van der Waals surface area contributed by atoms with Crippen LogP contribution in [0.4, 0.5) is 0 Å². The summed E-state index contributed by atoms with van der Waals surface area (Å²) in [6.07, 6.45) is 18.5. The lowest BCUT2D eigenvalue weighted by Gasteiger charge is -2.57. The molecule has 5 rings (SSSR count). The maximum Gasteiger partial charge on any atom is 0.115 e. The van der Waals surface area contributed by atoms with Gasteiger partial charge in [0.05, 0.1) is 6.10 Å². The van der Waals surface area contributed by atoms with Crippen LogP contribution in [0.2, 0.25) is 0 Å². The number of allylic oxidation sites excluding steroid dienone is 3. The first kappa shape index (κ1) is 16.7. The van der Waals surface area contributed by atoms with Crippen molar-refractivity contribution in [3.05, 3.63) is 42.0 Å². The Kier molecular flexibility index (Phi) is 3.69. The third-order valence-electron chi connectivity index (χ3n) is 8.53. The van der Waals surface area contributed by atoms with Crippen LogP contribution in [0.3, 0.4) is 0 Å². The van der Waals surface area contributed by atoms with Crippen LogP contribution in [0.1, 0.15) is 64.4 Å². The summed E-state index contributed by atoms with van der Waals surface area (Å²) in [6.45, 7) is 4.99. The van der Waals surface area contributed by atoms with E-state index in [4.69, 9.17) is 0 Å². The zero-order valence-electron chi connectivity index (χ0n) is 16.0. The maximum absolute atomic E-state index is 10.1. The topological polar surface area (TPSA) is 46.0 Å². The van der Waals surface area contributed by atoms with Gasteiger partial charge in [-0.05, 0) is 79.1 Å². The van der Waals surface area contributed by atoms with Gasteiger partial charge in [0.15, 0.2) is 0 Å². The second-order valence-electron chi connectivity index (χ2n) is 9.59. The number of hydrogen-bond acceptors (Lipinski definition) is 3. The van der Waals surface area contributed by atoms with E-state index in [2.05, 4.69) is 36.0 Å². The molecule has 0 saturated heterocycles. The van der Waals surface area contributed by atoms with Gasteiger partial charge in [-0.3, -0.25) is 0 Å². The molecule has 1 heterocycles. The Morgan fingerprint density at radius 1 is 0.962 bits per heavy atom. The minimum absolute atomic E-state index is 0.113. The van der Waals surface area contributed by atoms with Crippen molar-refractivity contribution in [3.8, 4) is 0 Å². The summed E-state index contributed by atoms with van der Waals surface area (Å²) in [4.78, 5) is 8.53. The highest BCUT2D eigenvalue weighted by molar-refractivity contribution is 5.72. The molecule has 6 atom stereocenters. The molecule has 0 spiro atoms. The van der Waals surface area contributed by atoms with Gasteiger partial charge in [0, 0.05) is 18.0 Å². The number of aromatic nitrogens is 2. The predicted octanol–water partition coefficient (Wildman–Crippen LogP) is 4.79. The molecule has 0 radical (unpaired) electrons. The summed E-state index contributed by atoms with van der Waals surface area (Å²) in [7, 11) is 0. The van der Waals surface area contributed by atoms with Crippen LogP contribution >= 0.6 is 0 Å². The number of fused-ring (bicyclic) bond motifs is 5. The Bertz CT molecular complexity index is 770. The molecule has 1 aromatic heterocycles. The smallest absolute Gasteiger partial charge is 0.115 e. The first-order chi connectivity index (χ1) is 12.5. The molecule has 26 heavy (non-hydrogen) atoms. The van der Waals surface area contributed by atoms with Gasteiger partial charge >= 0.3 is 0 Å². The fourth-order valence-corrected chi connectivity index (χ4v) is 7.09. The average molecular weight is 351 g/mol. The van der Waals surface area contributed by atoms with Crippen molar-refractivity contribution < 1.29 is 5.11 Å². The first-order valence-electron chi connectivity index (χ1n) is 10.4. The molecule has 2 saturated carbocycles. The molecular weight excluding hydrogens is 320 g/mol. The molecule has 3 heteroatoms. The molecule has 4 aliphatic carbocycles. The van der Waals surface area contributed by atoms with E-state index in [0.29, 0.717) is 5.41 Å². The van der Waals surface area contributed by atoms with E-state index < -0.39 is 0 Å². The number of hydrogen-bond donors (Lipinski definition) is 1. The van der Waals surface area contributed by atoms with Crippen molar-refractivity contribution in [2.75, 3.05) is 0 Å². The molecule has 0 amide bonds. The van der Waals surface area contributed by atoms with Crippen LogP contribution in [0, 0.1) is 28.6 Å². The molecule has 3 nitrogen and oxygen atoms in total. The molecule has 0 bridgehead atoms. The second kappa shape index (κ2) is 5.76. The molecule has 1 aromatic rings. The van der Waals surface area contributed by atoms with Gasteiger partial charge in [0.2, 0.25) is 0 Å². The zero-order valence-corrected chi connectivity index (χ0v) is 16.0. The normalized spacial score (nSPS) is 44.4. The quantitative estimate of drug-likeness (QED) is 0.741. The van der Waals surface area contributed by atoms with Gasteiger partial charge in [-0.2, -0.15) is 0 Å². The fraction of sp³-hybridized carbons (Fsp3) is 0.652. The molecule has 2 fully saturated rings. The van der Waals surface area contributed by atoms with Crippen LogP contribution in [0.25, 0.3) is 5.57 Å². The average Bonchev–Trinajstić information content (AvgIpc) is 3.00. The lowest BCUT2D eigenvalue weighted by atomic mass is 9.47. The van der Waals surface area contributed by atoms with Crippen LogP contribution in [0.5, 0.6) is 0 Å². The number of aliphatic hydroxyl groups excluding tert-OH is 1.